The van der Waals surface area contributed by atoms with Crippen LogP contribution in [0.3, 0.4) is 0 Å². The molecule has 1 unspecified atom stereocenters. The molecule has 0 aliphatic heterocycles. The number of aryl methyl sites for hydroxylation is 1. The van der Waals surface area contributed by atoms with E-state index in [2.05, 4.69) is 15.9 Å². The summed E-state index contributed by atoms with van der Waals surface area (Å²) in [4.78, 5) is 12.6. The summed E-state index contributed by atoms with van der Waals surface area (Å²) in [7, 11) is 0. The SMILES string of the molecule is Cc1ccccc1N(c1cc(-c2ccc(-c3ccc(Br)cc3)cc2)sc1C(=O)O)S(=O)[O-]. The second-order valence-corrected chi connectivity index (χ2v) is 9.78. The fourth-order valence-electron chi connectivity index (χ4n) is 3.38. The molecule has 0 spiro atoms. The van der Waals surface area contributed by atoms with E-state index in [9.17, 15) is 18.7 Å². The fourth-order valence-corrected chi connectivity index (χ4v) is 5.36. The van der Waals surface area contributed by atoms with Gasteiger partial charge in [-0.05, 0) is 53.4 Å². The van der Waals surface area contributed by atoms with Crippen LogP contribution in [-0.2, 0) is 11.3 Å². The first-order valence-electron chi connectivity index (χ1n) is 9.54. The Hall–Kier alpha value is -2.78. The van der Waals surface area contributed by atoms with E-state index >= 15 is 0 Å². The Labute approximate surface area is 200 Å². The molecule has 3 aromatic carbocycles. The molecule has 4 rings (SSSR count). The van der Waals surface area contributed by atoms with Gasteiger partial charge in [0.1, 0.15) is 4.88 Å². The molecule has 5 nitrogen and oxygen atoms in total. The first kappa shape index (κ1) is 22.4. The van der Waals surface area contributed by atoms with Crippen LogP contribution >= 0.6 is 27.3 Å². The van der Waals surface area contributed by atoms with Gasteiger partial charge in [0.05, 0.1) is 22.6 Å². The van der Waals surface area contributed by atoms with Gasteiger partial charge >= 0.3 is 5.97 Å². The Morgan fingerprint density at radius 1 is 0.938 bits per heavy atom. The van der Waals surface area contributed by atoms with Crippen LogP contribution in [0.4, 0.5) is 11.4 Å². The van der Waals surface area contributed by atoms with Gasteiger partial charge in [-0.2, -0.15) is 0 Å². The normalized spacial score (nSPS) is 11.8. The minimum absolute atomic E-state index is 0.0376. The Balaban J connectivity index is 1.76. The third-order valence-electron chi connectivity index (χ3n) is 4.96. The Morgan fingerprint density at radius 3 is 2.06 bits per heavy atom. The smallest absolute Gasteiger partial charge is 0.348 e. The van der Waals surface area contributed by atoms with Gasteiger partial charge in [-0.3, -0.25) is 8.51 Å². The first-order chi connectivity index (χ1) is 15.3. The second kappa shape index (κ2) is 9.38. The number of nitrogens with zero attached hydrogens (tertiary/aromatic N) is 1. The highest BCUT2D eigenvalue weighted by atomic mass is 79.9. The van der Waals surface area contributed by atoms with E-state index in [1.807, 2.05) is 48.5 Å². The number of hydrogen-bond acceptors (Lipinski definition) is 4. The molecule has 0 radical (unpaired) electrons. The average molecular weight is 527 g/mol. The third-order valence-corrected chi connectivity index (χ3v) is 7.34. The minimum atomic E-state index is -2.69. The number of para-hydroxylation sites is 1. The zero-order chi connectivity index (χ0) is 22.8. The van der Waals surface area contributed by atoms with E-state index < -0.39 is 17.2 Å². The summed E-state index contributed by atoms with van der Waals surface area (Å²) in [5, 5.41) is 9.77. The molecule has 0 fully saturated rings. The predicted octanol–water partition coefficient (Wildman–Crippen LogP) is 6.78. The van der Waals surface area contributed by atoms with Crippen LogP contribution in [-0.4, -0.2) is 19.8 Å². The summed E-state index contributed by atoms with van der Waals surface area (Å²) in [6.45, 7) is 1.78. The minimum Gasteiger partial charge on any atom is -0.755 e. The number of thiophene rings is 1. The number of carbonyl (C=O) groups is 1. The third kappa shape index (κ3) is 4.54. The number of hydrogen-bond donors (Lipinski definition) is 1. The molecule has 1 heterocycles. The van der Waals surface area contributed by atoms with Crippen molar-refractivity contribution in [1.29, 1.82) is 0 Å². The van der Waals surface area contributed by atoms with Crippen LogP contribution < -0.4 is 4.31 Å². The molecule has 0 aliphatic carbocycles. The lowest BCUT2D eigenvalue weighted by molar-refractivity contribution is 0.0703. The van der Waals surface area contributed by atoms with Crippen molar-refractivity contribution in [2.45, 2.75) is 6.92 Å². The van der Waals surface area contributed by atoms with Gasteiger partial charge in [-0.1, -0.05) is 70.5 Å². The second-order valence-electron chi connectivity index (χ2n) is 7.01. The molecule has 1 atom stereocenters. The first-order valence-corrected chi connectivity index (χ1v) is 12.2. The fraction of sp³-hybridized carbons (Fsp3) is 0.0417. The van der Waals surface area contributed by atoms with Crippen LogP contribution in [0, 0.1) is 6.92 Å². The number of halogens is 1. The molecule has 1 aromatic heterocycles. The molecule has 0 aliphatic rings. The van der Waals surface area contributed by atoms with Crippen molar-refractivity contribution in [3.63, 3.8) is 0 Å². The zero-order valence-corrected chi connectivity index (χ0v) is 20.0. The summed E-state index contributed by atoms with van der Waals surface area (Å²) in [6.07, 6.45) is 0. The summed E-state index contributed by atoms with van der Waals surface area (Å²) in [6, 6.07) is 24.3. The number of aromatic carboxylic acids is 1. The van der Waals surface area contributed by atoms with E-state index in [4.69, 9.17) is 0 Å². The van der Waals surface area contributed by atoms with E-state index in [0.717, 1.165) is 42.4 Å². The van der Waals surface area contributed by atoms with E-state index in [0.29, 0.717) is 10.6 Å². The van der Waals surface area contributed by atoms with Gasteiger partial charge in [0.2, 0.25) is 0 Å². The number of rotatable bonds is 6. The van der Waals surface area contributed by atoms with Gasteiger partial charge in [-0.25, -0.2) is 4.79 Å². The highest BCUT2D eigenvalue weighted by molar-refractivity contribution is 9.10. The van der Waals surface area contributed by atoms with Gasteiger partial charge in [0.25, 0.3) is 0 Å². The van der Waals surface area contributed by atoms with Crippen LogP contribution in [0.25, 0.3) is 21.6 Å². The van der Waals surface area contributed by atoms with Crippen LogP contribution in [0.15, 0.2) is 83.3 Å². The molecule has 1 N–H and O–H groups in total. The van der Waals surface area contributed by atoms with Crippen LogP contribution in [0.1, 0.15) is 15.2 Å². The van der Waals surface area contributed by atoms with E-state index in [1.54, 1.807) is 37.3 Å². The predicted molar refractivity (Wildman–Crippen MR) is 132 cm³/mol. The molecular weight excluding hydrogens is 510 g/mol. The maximum Gasteiger partial charge on any atom is 0.348 e. The van der Waals surface area contributed by atoms with Crippen molar-refractivity contribution in [1.82, 2.24) is 0 Å². The number of benzene rings is 3. The quantitative estimate of drug-likeness (QED) is 0.280. The Bertz CT molecular complexity index is 1300. The van der Waals surface area contributed by atoms with Gasteiger partial charge in [0.15, 0.2) is 0 Å². The summed E-state index contributed by atoms with van der Waals surface area (Å²) >= 11 is 1.79. The molecule has 8 heteroatoms. The van der Waals surface area contributed by atoms with Gasteiger partial charge < -0.3 is 9.66 Å². The average Bonchev–Trinajstić information content (AvgIpc) is 3.21. The molecule has 4 aromatic rings. The molecule has 32 heavy (non-hydrogen) atoms. The maximum absolute atomic E-state index is 12.1. The Kier molecular flexibility index (Phi) is 6.57. The van der Waals surface area contributed by atoms with Crippen LogP contribution in [0.2, 0.25) is 0 Å². The summed E-state index contributed by atoms with van der Waals surface area (Å²) < 4.78 is 26.3. The molecule has 0 saturated heterocycles. The topological polar surface area (TPSA) is 80.7 Å². The lowest BCUT2D eigenvalue weighted by Crippen LogP contribution is -2.21. The van der Waals surface area contributed by atoms with Crippen LogP contribution in [0.5, 0.6) is 0 Å². The lowest BCUT2D eigenvalue weighted by Gasteiger charge is -2.27. The number of carboxylic acids is 1. The monoisotopic (exact) mass is 526 g/mol. The van der Waals surface area contributed by atoms with Crippen molar-refractivity contribution >= 4 is 55.9 Å². The zero-order valence-electron chi connectivity index (χ0n) is 16.8. The van der Waals surface area contributed by atoms with Crippen molar-refractivity contribution in [2.75, 3.05) is 4.31 Å². The van der Waals surface area contributed by atoms with Crippen molar-refractivity contribution in [3.05, 3.63) is 93.8 Å². The Morgan fingerprint density at radius 2 is 1.50 bits per heavy atom. The highest BCUT2D eigenvalue weighted by Crippen LogP contribution is 2.41. The maximum atomic E-state index is 12.1. The van der Waals surface area contributed by atoms with Gasteiger partial charge in [0, 0.05) is 9.35 Å². The largest absolute Gasteiger partial charge is 0.755 e. The number of carboxylic acid groups (broad SMARTS) is 1. The number of anilines is 2. The summed E-state index contributed by atoms with van der Waals surface area (Å²) in [5.41, 5.74) is 4.16. The molecular formula is C24H17BrNO4S2-. The molecule has 0 bridgehead atoms. The molecule has 0 saturated carbocycles. The summed E-state index contributed by atoms with van der Waals surface area (Å²) in [5.74, 6) is -1.17. The molecule has 0 amide bonds. The van der Waals surface area contributed by atoms with Crippen molar-refractivity contribution in [3.8, 4) is 21.6 Å². The van der Waals surface area contributed by atoms with E-state index in [-0.39, 0.29) is 10.6 Å². The lowest BCUT2D eigenvalue weighted by atomic mass is 10.0. The van der Waals surface area contributed by atoms with Crippen molar-refractivity contribution < 1.29 is 18.7 Å². The van der Waals surface area contributed by atoms with E-state index in [1.165, 1.54) is 0 Å². The van der Waals surface area contributed by atoms with Gasteiger partial charge in [-0.15, -0.1) is 11.3 Å². The highest BCUT2D eigenvalue weighted by Gasteiger charge is 2.24. The molecule has 162 valence electrons. The standard InChI is InChI=1S/C24H18BrNO4S2/c1-15-4-2-3-5-20(15)26(32(29)30)21-14-22(31-23(21)24(27)28)18-8-6-16(7-9-18)17-10-12-19(25)13-11-17/h2-14H,1H3,(H,27,28)(H,29,30)/p-1. The van der Waals surface area contributed by atoms with Crippen molar-refractivity contribution in [2.24, 2.45) is 0 Å².